The predicted octanol–water partition coefficient (Wildman–Crippen LogP) is 4.13. The van der Waals surface area contributed by atoms with Crippen LogP contribution in [0.5, 0.6) is 0 Å². The van der Waals surface area contributed by atoms with Crippen molar-refractivity contribution in [1.82, 2.24) is 14.8 Å². The second-order valence-corrected chi connectivity index (χ2v) is 9.15. The van der Waals surface area contributed by atoms with E-state index in [9.17, 15) is 9.59 Å². The number of hydrogen-bond donors (Lipinski definition) is 1. The van der Waals surface area contributed by atoms with E-state index in [1.54, 1.807) is 0 Å². The lowest BCUT2D eigenvalue weighted by Gasteiger charge is -2.34. The largest absolute Gasteiger partial charge is 0.336 e. The van der Waals surface area contributed by atoms with E-state index in [-0.39, 0.29) is 11.8 Å². The van der Waals surface area contributed by atoms with E-state index in [2.05, 4.69) is 48.1 Å². The molecule has 0 bridgehead atoms. The molecule has 0 aliphatic carbocycles. The molecule has 2 heterocycles. The number of carbonyl (C=O) groups is 2. The average molecular weight is 449 g/mol. The summed E-state index contributed by atoms with van der Waals surface area (Å²) in [7, 11) is 0. The Kier molecular flexibility index (Phi) is 6.67. The fraction of sp³-hybridized carbons (Fsp3) is 0.320. The Morgan fingerprint density at radius 1 is 1.00 bits per heavy atom. The third-order valence-corrected chi connectivity index (χ3v) is 6.49. The molecule has 2 aromatic carbocycles. The fourth-order valence-corrected chi connectivity index (χ4v) is 4.98. The van der Waals surface area contributed by atoms with Crippen LogP contribution in [0.3, 0.4) is 0 Å². The molecule has 0 unspecified atom stereocenters. The maximum Gasteiger partial charge on any atom is 0.253 e. The second-order valence-electron chi connectivity index (χ2n) is 8.29. The van der Waals surface area contributed by atoms with Crippen LogP contribution in [0.4, 0.5) is 5.13 Å². The Hall–Kier alpha value is -3.03. The number of nitrogens with one attached hydrogen (secondary N) is 1. The van der Waals surface area contributed by atoms with E-state index in [0.717, 1.165) is 11.3 Å². The van der Waals surface area contributed by atoms with Gasteiger partial charge in [0.15, 0.2) is 5.13 Å². The molecule has 4 rings (SSSR count). The number of anilines is 1. The van der Waals surface area contributed by atoms with Crippen molar-refractivity contribution in [3.05, 3.63) is 70.1 Å². The lowest BCUT2D eigenvalue weighted by atomic mass is 9.98. The molecular formula is C25H28N4O2S. The van der Waals surface area contributed by atoms with Crippen molar-refractivity contribution < 1.29 is 9.59 Å². The van der Waals surface area contributed by atoms with Crippen LogP contribution in [0.25, 0.3) is 11.3 Å². The molecule has 2 amide bonds. The third-order valence-electron chi connectivity index (χ3n) is 5.73. The van der Waals surface area contributed by atoms with Gasteiger partial charge in [0.2, 0.25) is 5.91 Å². The molecule has 0 saturated carbocycles. The number of aryl methyl sites for hydroxylation is 3. The highest BCUT2D eigenvalue weighted by Gasteiger charge is 2.23. The van der Waals surface area contributed by atoms with Crippen molar-refractivity contribution in [3.8, 4) is 11.3 Å². The van der Waals surface area contributed by atoms with E-state index in [0.29, 0.717) is 43.4 Å². The molecule has 7 heteroatoms. The minimum absolute atomic E-state index is 0.0479. The molecule has 1 aromatic heterocycles. The van der Waals surface area contributed by atoms with Crippen LogP contribution in [0.15, 0.2) is 47.8 Å². The predicted molar refractivity (Wildman–Crippen MR) is 129 cm³/mol. The van der Waals surface area contributed by atoms with Crippen molar-refractivity contribution in [2.75, 3.05) is 38.0 Å². The number of amides is 2. The van der Waals surface area contributed by atoms with Crippen LogP contribution in [-0.2, 0) is 4.79 Å². The Morgan fingerprint density at radius 2 is 1.66 bits per heavy atom. The zero-order valence-corrected chi connectivity index (χ0v) is 19.5. The van der Waals surface area contributed by atoms with Crippen LogP contribution in [0.1, 0.15) is 27.0 Å². The summed E-state index contributed by atoms with van der Waals surface area (Å²) in [5, 5.41) is 5.54. The number of piperazine rings is 1. The van der Waals surface area contributed by atoms with Gasteiger partial charge in [-0.15, -0.1) is 11.3 Å². The molecule has 1 fully saturated rings. The summed E-state index contributed by atoms with van der Waals surface area (Å²) >= 11 is 1.44. The zero-order valence-electron chi connectivity index (χ0n) is 18.7. The van der Waals surface area contributed by atoms with Gasteiger partial charge >= 0.3 is 0 Å². The molecule has 0 atom stereocenters. The first-order valence-corrected chi connectivity index (χ1v) is 11.7. The first-order valence-electron chi connectivity index (χ1n) is 10.8. The topological polar surface area (TPSA) is 65.5 Å². The lowest BCUT2D eigenvalue weighted by Crippen LogP contribution is -2.50. The Labute approximate surface area is 192 Å². The van der Waals surface area contributed by atoms with Crippen LogP contribution in [0, 0.1) is 20.8 Å². The maximum absolute atomic E-state index is 12.6. The lowest BCUT2D eigenvalue weighted by molar-refractivity contribution is -0.117. The van der Waals surface area contributed by atoms with Crippen LogP contribution < -0.4 is 5.32 Å². The normalized spacial score (nSPS) is 14.4. The summed E-state index contributed by atoms with van der Waals surface area (Å²) in [4.78, 5) is 33.7. The van der Waals surface area contributed by atoms with Gasteiger partial charge in [0.05, 0.1) is 12.2 Å². The highest BCUT2D eigenvalue weighted by atomic mass is 32.1. The van der Waals surface area contributed by atoms with Crippen LogP contribution in [0.2, 0.25) is 0 Å². The molecule has 1 saturated heterocycles. The van der Waals surface area contributed by atoms with E-state index in [1.165, 1.54) is 28.0 Å². The molecule has 32 heavy (non-hydrogen) atoms. The Balaban J connectivity index is 1.30. The number of benzene rings is 2. The van der Waals surface area contributed by atoms with Gasteiger partial charge in [-0.05, 0) is 44.0 Å². The number of rotatable bonds is 5. The van der Waals surface area contributed by atoms with Gasteiger partial charge in [0.1, 0.15) is 0 Å². The summed E-state index contributed by atoms with van der Waals surface area (Å²) < 4.78 is 0. The quantitative estimate of drug-likeness (QED) is 0.637. The zero-order chi connectivity index (χ0) is 22.7. The number of carbonyl (C=O) groups excluding carboxylic acids is 2. The SMILES string of the molecule is Cc1cc(C)c(-c2csc(NC(=O)CN3CCN(C(=O)c4ccccc4)CC3)n2)c(C)c1. The minimum atomic E-state index is -0.0777. The van der Waals surface area contributed by atoms with Crippen molar-refractivity contribution in [3.63, 3.8) is 0 Å². The van der Waals surface area contributed by atoms with Gasteiger partial charge in [-0.3, -0.25) is 14.5 Å². The van der Waals surface area contributed by atoms with Crippen LogP contribution >= 0.6 is 11.3 Å². The molecule has 0 spiro atoms. The molecular weight excluding hydrogens is 420 g/mol. The van der Waals surface area contributed by atoms with Gasteiger partial charge in [-0.25, -0.2) is 4.98 Å². The standard InChI is InChI=1S/C25H28N4O2S/c1-17-13-18(2)23(19(3)14-17)21-16-32-25(26-21)27-22(30)15-28-9-11-29(12-10-28)24(31)20-7-5-4-6-8-20/h4-8,13-14,16H,9-12,15H2,1-3H3,(H,26,27,30). The number of hydrogen-bond acceptors (Lipinski definition) is 5. The molecule has 1 N–H and O–H groups in total. The van der Waals surface area contributed by atoms with Crippen molar-refractivity contribution in [2.24, 2.45) is 0 Å². The summed E-state index contributed by atoms with van der Waals surface area (Å²) in [6, 6.07) is 13.6. The number of aromatic nitrogens is 1. The molecule has 1 aliphatic heterocycles. The van der Waals surface area contributed by atoms with Crippen LogP contribution in [-0.4, -0.2) is 59.3 Å². The van der Waals surface area contributed by atoms with Gasteiger partial charge in [0.25, 0.3) is 5.91 Å². The summed E-state index contributed by atoms with van der Waals surface area (Å²) in [6.07, 6.45) is 0. The smallest absolute Gasteiger partial charge is 0.253 e. The summed E-state index contributed by atoms with van der Waals surface area (Å²) in [5.74, 6) is -0.0298. The van der Waals surface area contributed by atoms with Gasteiger partial charge in [-0.1, -0.05) is 35.9 Å². The number of thiazole rings is 1. The van der Waals surface area contributed by atoms with E-state index in [4.69, 9.17) is 0 Å². The van der Waals surface area contributed by atoms with Gasteiger partial charge in [0, 0.05) is 42.7 Å². The monoisotopic (exact) mass is 448 g/mol. The van der Waals surface area contributed by atoms with E-state index in [1.807, 2.05) is 40.6 Å². The van der Waals surface area contributed by atoms with Gasteiger partial charge in [-0.2, -0.15) is 0 Å². The summed E-state index contributed by atoms with van der Waals surface area (Å²) in [5.41, 5.74) is 6.34. The Bertz CT molecular complexity index is 1090. The molecule has 0 radical (unpaired) electrons. The highest BCUT2D eigenvalue weighted by Crippen LogP contribution is 2.31. The van der Waals surface area contributed by atoms with E-state index >= 15 is 0 Å². The first-order chi connectivity index (χ1) is 15.4. The van der Waals surface area contributed by atoms with Crippen molar-refractivity contribution >= 4 is 28.3 Å². The number of nitrogens with zero attached hydrogens (tertiary/aromatic N) is 3. The summed E-state index contributed by atoms with van der Waals surface area (Å²) in [6.45, 7) is 9.17. The molecule has 6 nitrogen and oxygen atoms in total. The third kappa shape index (κ3) is 5.06. The molecule has 166 valence electrons. The highest BCUT2D eigenvalue weighted by molar-refractivity contribution is 7.14. The minimum Gasteiger partial charge on any atom is -0.336 e. The average Bonchev–Trinajstić information content (AvgIpc) is 3.21. The van der Waals surface area contributed by atoms with Gasteiger partial charge < -0.3 is 10.2 Å². The fourth-order valence-electron chi connectivity index (χ4n) is 4.26. The molecule has 3 aromatic rings. The maximum atomic E-state index is 12.6. The second kappa shape index (κ2) is 9.63. The Morgan fingerprint density at radius 3 is 2.31 bits per heavy atom. The van der Waals surface area contributed by atoms with Crippen molar-refractivity contribution in [1.29, 1.82) is 0 Å². The van der Waals surface area contributed by atoms with Crippen molar-refractivity contribution in [2.45, 2.75) is 20.8 Å². The van der Waals surface area contributed by atoms with E-state index < -0.39 is 0 Å². The first kappa shape index (κ1) is 22.2. The molecule has 1 aliphatic rings.